The molecule has 100 valence electrons. The van der Waals surface area contributed by atoms with Crippen LogP contribution in [0.5, 0.6) is 0 Å². The largest absolute Gasteiger partial charge is 0.440 e. The van der Waals surface area contributed by atoms with Gasteiger partial charge in [0.1, 0.15) is 0 Å². The zero-order chi connectivity index (χ0) is 13.1. The molecule has 1 saturated heterocycles. The van der Waals surface area contributed by atoms with Gasteiger partial charge in [0.25, 0.3) is 0 Å². The summed E-state index contributed by atoms with van der Waals surface area (Å²) in [5.74, 6) is -0.248. The zero-order valence-corrected chi connectivity index (χ0v) is 9.60. The van der Waals surface area contributed by atoms with Crippen molar-refractivity contribution in [2.45, 2.75) is 12.6 Å². The summed E-state index contributed by atoms with van der Waals surface area (Å²) in [5, 5.41) is 2.11. The van der Waals surface area contributed by atoms with Crippen LogP contribution < -0.4 is 5.32 Å². The van der Waals surface area contributed by atoms with Crippen molar-refractivity contribution < 1.29 is 31.1 Å². The third kappa shape index (κ3) is 5.76. The van der Waals surface area contributed by atoms with E-state index in [4.69, 9.17) is 0 Å². The summed E-state index contributed by atoms with van der Waals surface area (Å²) in [4.78, 5) is 10.8. The van der Waals surface area contributed by atoms with Crippen LogP contribution in [0.3, 0.4) is 0 Å². The van der Waals surface area contributed by atoms with Gasteiger partial charge in [-0.1, -0.05) is 0 Å². The molecule has 0 bridgehead atoms. The van der Waals surface area contributed by atoms with Crippen LogP contribution in [-0.4, -0.2) is 45.3 Å². The minimum atomic E-state index is -4.56. The topological polar surface area (TPSA) is 72.5 Å². The first-order valence-corrected chi connectivity index (χ1v) is 6.68. The Bertz CT molecular complexity index is 379. The number of sulfone groups is 1. The van der Waals surface area contributed by atoms with E-state index in [9.17, 15) is 26.4 Å². The lowest BCUT2D eigenvalue weighted by atomic mass is 10.1. The van der Waals surface area contributed by atoms with E-state index >= 15 is 0 Å². The molecule has 1 heterocycles. The summed E-state index contributed by atoms with van der Waals surface area (Å²) in [7, 11) is -3.05. The van der Waals surface area contributed by atoms with Gasteiger partial charge in [0.2, 0.25) is 0 Å². The second kappa shape index (κ2) is 5.11. The highest BCUT2D eigenvalue weighted by atomic mass is 32.2. The smallest absolute Gasteiger partial charge is 0.422 e. The molecule has 1 amide bonds. The van der Waals surface area contributed by atoms with Crippen LogP contribution in [0.2, 0.25) is 0 Å². The fourth-order valence-electron chi connectivity index (χ4n) is 1.46. The average molecular weight is 275 g/mol. The summed E-state index contributed by atoms with van der Waals surface area (Å²) in [6, 6.07) is 0. The molecule has 1 N–H and O–H groups in total. The van der Waals surface area contributed by atoms with Gasteiger partial charge in [0.15, 0.2) is 16.4 Å². The molecule has 1 atom stereocenters. The summed E-state index contributed by atoms with van der Waals surface area (Å²) >= 11 is 0. The second-order valence-electron chi connectivity index (χ2n) is 3.84. The van der Waals surface area contributed by atoms with E-state index in [1.54, 1.807) is 0 Å². The Morgan fingerprint density at radius 2 is 2.06 bits per heavy atom. The molecule has 5 nitrogen and oxygen atoms in total. The molecular weight excluding hydrogens is 263 g/mol. The molecule has 1 fully saturated rings. The van der Waals surface area contributed by atoms with Crippen molar-refractivity contribution in [1.29, 1.82) is 0 Å². The molecule has 1 rings (SSSR count). The summed E-state index contributed by atoms with van der Waals surface area (Å²) in [5.41, 5.74) is 0. The van der Waals surface area contributed by atoms with E-state index in [-0.39, 0.29) is 24.0 Å². The van der Waals surface area contributed by atoms with Crippen LogP contribution in [0.15, 0.2) is 0 Å². The molecule has 0 radical (unpaired) electrons. The number of nitrogens with one attached hydrogen (secondary N) is 1. The molecule has 0 aliphatic carbocycles. The predicted molar refractivity (Wildman–Crippen MR) is 52.2 cm³/mol. The lowest BCUT2D eigenvalue weighted by Gasteiger charge is -2.11. The van der Waals surface area contributed by atoms with E-state index in [0.29, 0.717) is 6.42 Å². The first-order chi connectivity index (χ1) is 7.68. The van der Waals surface area contributed by atoms with E-state index in [2.05, 4.69) is 10.1 Å². The summed E-state index contributed by atoms with van der Waals surface area (Å²) in [6.45, 7) is -1.64. The minimum Gasteiger partial charge on any atom is -0.440 e. The minimum absolute atomic E-state index is 0.00984. The predicted octanol–water partition coefficient (Wildman–Crippen LogP) is 0.710. The van der Waals surface area contributed by atoms with Gasteiger partial charge < -0.3 is 10.1 Å². The quantitative estimate of drug-likeness (QED) is 0.823. The first-order valence-electron chi connectivity index (χ1n) is 4.86. The second-order valence-corrected chi connectivity index (χ2v) is 6.07. The number of alkyl halides is 3. The van der Waals surface area contributed by atoms with Gasteiger partial charge >= 0.3 is 12.3 Å². The number of hydrogen-bond donors (Lipinski definition) is 1. The molecule has 1 aliphatic rings. The Morgan fingerprint density at radius 3 is 2.53 bits per heavy atom. The summed E-state index contributed by atoms with van der Waals surface area (Å²) in [6.07, 6.45) is -5.35. The molecule has 1 unspecified atom stereocenters. The van der Waals surface area contributed by atoms with Crippen LogP contribution in [0, 0.1) is 5.92 Å². The Hall–Kier alpha value is -0.990. The van der Waals surface area contributed by atoms with E-state index in [1.165, 1.54) is 0 Å². The number of halogens is 3. The van der Waals surface area contributed by atoms with Crippen molar-refractivity contribution in [2.24, 2.45) is 5.92 Å². The Labute approximate surface area is 96.2 Å². The van der Waals surface area contributed by atoms with Gasteiger partial charge in [-0.25, -0.2) is 13.2 Å². The normalized spacial score (nSPS) is 23.4. The average Bonchev–Trinajstić information content (AvgIpc) is 2.51. The number of hydrogen-bond acceptors (Lipinski definition) is 4. The van der Waals surface area contributed by atoms with Crippen molar-refractivity contribution in [3.05, 3.63) is 0 Å². The van der Waals surface area contributed by atoms with Gasteiger partial charge in [-0.05, 0) is 12.3 Å². The maximum Gasteiger partial charge on any atom is 0.422 e. The molecular formula is C8H12F3NO4S. The maximum atomic E-state index is 11.7. The van der Waals surface area contributed by atoms with Crippen molar-refractivity contribution in [3.63, 3.8) is 0 Å². The van der Waals surface area contributed by atoms with Crippen molar-refractivity contribution >= 4 is 15.9 Å². The third-order valence-corrected chi connectivity index (χ3v) is 4.07. The fourth-order valence-corrected chi connectivity index (χ4v) is 3.32. The summed E-state index contributed by atoms with van der Waals surface area (Å²) < 4.78 is 61.0. The van der Waals surface area contributed by atoms with Crippen LogP contribution >= 0.6 is 0 Å². The first kappa shape index (κ1) is 14.1. The fraction of sp³-hybridized carbons (Fsp3) is 0.875. The number of carbonyl (C=O) groups excluding carboxylic acids is 1. The van der Waals surface area contributed by atoms with Crippen molar-refractivity contribution in [3.8, 4) is 0 Å². The molecule has 0 aromatic carbocycles. The van der Waals surface area contributed by atoms with Crippen molar-refractivity contribution in [1.82, 2.24) is 5.32 Å². The lowest BCUT2D eigenvalue weighted by Crippen LogP contribution is -2.32. The van der Waals surface area contributed by atoms with Gasteiger partial charge in [-0.15, -0.1) is 0 Å². The number of ether oxygens (including phenoxy) is 1. The standard InChI is InChI=1S/C8H12F3NO4S/c9-8(10,11)5-16-7(13)12-3-6-1-2-17(14,15)4-6/h6H,1-5H2,(H,12,13). The lowest BCUT2D eigenvalue weighted by molar-refractivity contribution is -0.160. The molecule has 0 spiro atoms. The van der Waals surface area contributed by atoms with Gasteiger partial charge in [-0.3, -0.25) is 0 Å². The molecule has 1 aliphatic heterocycles. The highest BCUT2D eigenvalue weighted by Gasteiger charge is 2.31. The Morgan fingerprint density at radius 1 is 1.41 bits per heavy atom. The number of rotatable bonds is 3. The third-order valence-electron chi connectivity index (χ3n) is 2.23. The molecule has 0 saturated carbocycles. The molecule has 9 heteroatoms. The van der Waals surface area contributed by atoms with E-state index in [1.807, 2.05) is 0 Å². The number of alkyl carbamates (subject to hydrolysis) is 1. The van der Waals surface area contributed by atoms with Crippen LogP contribution in [0.4, 0.5) is 18.0 Å². The zero-order valence-electron chi connectivity index (χ0n) is 8.79. The number of carbonyl (C=O) groups is 1. The van der Waals surface area contributed by atoms with Crippen LogP contribution in [-0.2, 0) is 14.6 Å². The number of amides is 1. The van der Waals surface area contributed by atoms with Crippen LogP contribution in [0.1, 0.15) is 6.42 Å². The van der Waals surface area contributed by atoms with Gasteiger partial charge in [0, 0.05) is 6.54 Å². The Balaban J connectivity index is 2.21. The Kier molecular flexibility index (Phi) is 4.23. The van der Waals surface area contributed by atoms with Crippen molar-refractivity contribution in [2.75, 3.05) is 24.7 Å². The van der Waals surface area contributed by atoms with E-state index < -0.39 is 28.7 Å². The highest BCUT2D eigenvalue weighted by Crippen LogP contribution is 2.17. The monoisotopic (exact) mass is 275 g/mol. The van der Waals surface area contributed by atoms with Crippen LogP contribution in [0.25, 0.3) is 0 Å². The molecule has 0 aromatic rings. The SMILES string of the molecule is O=C(NCC1CCS(=O)(=O)C1)OCC(F)(F)F. The van der Waals surface area contributed by atoms with Gasteiger partial charge in [0.05, 0.1) is 11.5 Å². The highest BCUT2D eigenvalue weighted by molar-refractivity contribution is 7.91. The van der Waals surface area contributed by atoms with E-state index in [0.717, 1.165) is 0 Å². The maximum absolute atomic E-state index is 11.7. The molecule has 0 aromatic heterocycles. The molecule has 17 heavy (non-hydrogen) atoms. The van der Waals surface area contributed by atoms with Gasteiger partial charge in [-0.2, -0.15) is 13.2 Å².